The molecule has 0 bridgehead atoms. The van der Waals surface area contributed by atoms with Crippen molar-refractivity contribution in [2.75, 3.05) is 4.90 Å². The average Bonchev–Trinajstić information content (AvgIpc) is 3.84. The summed E-state index contributed by atoms with van der Waals surface area (Å²) in [6.45, 7) is 0. The molecule has 11 rings (SSSR count). The van der Waals surface area contributed by atoms with Crippen LogP contribution in [0.2, 0.25) is 0 Å². The molecule has 0 fully saturated rings. The second-order valence-corrected chi connectivity index (χ2v) is 16.3. The van der Waals surface area contributed by atoms with Crippen molar-refractivity contribution in [2.45, 2.75) is 0 Å². The SMILES string of the molecule is c1ccc(-c2ccc(N(c3ccc(-c4ccc5c(ccc6sc7ccccc7c65)c4)cc3)c3cccc(-c4cccc5sc6ccccc6c45)c3)cc2)cc1. The summed E-state index contributed by atoms with van der Waals surface area (Å²) in [5.74, 6) is 0. The van der Waals surface area contributed by atoms with Crippen LogP contribution in [0.5, 0.6) is 0 Å². The first-order valence-corrected chi connectivity index (χ1v) is 20.3. The highest BCUT2D eigenvalue weighted by molar-refractivity contribution is 7.26. The van der Waals surface area contributed by atoms with Gasteiger partial charge in [0.25, 0.3) is 0 Å². The van der Waals surface area contributed by atoms with E-state index in [0.717, 1.165) is 17.1 Å². The third-order valence-corrected chi connectivity index (χ3v) is 13.1. The van der Waals surface area contributed by atoms with Crippen LogP contribution in [0.15, 0.2) is 200 Å². The molecule has 0 radical (unpaired) electrons. The maximum Gasteiger partial charge on any atom is 0.0467 e. The minimum atomic E-state index is 1.11. The Bertz CT molecular complexity index is 3190. The monoisotopic (exact) mass is 735 g/mol. The van der Waals surface area contributed by atoms with Crippen molar-refractivity contribution in [3.05, 3.63) is 200 Å². The molecule has 11 aromatic rings. The van der Waals surface area contributed by atoms with Gasteiger partial charge in [-0.3, -0.25) is 0 Å². The molecule has 55 heavy (non-hydrogen) atoms. The van der Waals surface area contributed by atoms with E-state index in [1.54, 1.807) is 0 Å². The summed E-state index contributed by atoms with van der Waals surface area (Å²) in [7, 11) is 0. The molecule has 0 unspecified atom stereocenters. The smallest absolute Gasteiger partial charge is 0.0467 e. The molecule has 0 spiro atoms. The van der Waals surface area contributed by atoms with E-state index >= 15 is 0 Å². The minimum Gasteiger partial charge on any atom is -0.310 e. The van der Waals surface area contributed by atoms with Crippen LogP contribution in [0.25, 0.3) is 84.5 Å². The lowest BCUT2D eigenvalue weighted by Gasteiger charge is -2.26. The number of hydrogen-bond acceptors (Lipinski definition) is 3. The third kappa shape index (κ3) is 5.51. The Kier molecular flexibility index (Phi) is 7.61. The van der Waals surface area contributed by atoms with Gasteiger partial charge in [0.2, 0.25) is 0 Å². The van der Waals surface area contributed by atoms with E-state index in [1.807, 2.05) is 22.7 Å². The standard InChI is InChI=1S/C52H33NS2/c1-2-10-34(11-3-1)35-20-26-40(27-21-35)53(42-13-8-12-38(33-42)43-16-9-19-49-51(43)45-14-4-6-17-47(45)54-49)41-28-22-36(23-29-41)37-24-30-44-39(32-37)25-31-50-52(44)46-15-5-7-18-48(46)55-50/h1-33H. The fourth-order valence-electron chi connectivity index (χ4n) is 8.24. The maximum absolute atomic E-state index is 2.38. The normalized spacial score (nSPS) is 11.6. The second kappa shape index (κ2) is 13.1. The molecular weight excluding hydrogens is 703 g/mol. The van der Waals surface area contributed by atoms with E-state index in [9.17, 15) is 0 Å². The molecule has 0 amide bonds. The number of thiophene rings is 2. The zero-order valence-corrected chi connectivity index (χ0v) is 31.4. The zero-order chi connectivity index (χ0) is 36.3. The Morgan fingerprint density at radius 1 is 0.291 bits per heavy atom. The lowest BCUT2D eigenvalue weighted by molar-refractivity contribution is 1.28. The number of benzene rings is 9. The van der Waals surface area contributed by atoms with Gasteiger partial charge >= 0.3 is 0 Å². The van der Waals surface area contributed by atoms with Gasteiger partial charge in [0.1, 0.15) is 0 Å². The van der Waals surface area contributed by atoms with E-state index < -0.39 is 0 Å². The van der Waals surface area contributed by atoms with Crippen molar-refractivity contribution in [1.29, 1.82) is 0 Å². The molecule has 2 heterocycles. The van der Waals surface area contributed by atoms with Crippen LogP contribution in [0.1, 0.15) is 0 Å². The first kappa shape index (κ1) is 32.0. The van der Waals surface area contributed by atoms with Gasteiger partial charge in [0, 0.05) is 57.4 Å². The summed E-state index contributed by atoms with van der Waals surface area (Å²) >= 11 is 3.74. The van der Waals surface area contributed by atoms with Crippen molar-refractivity contribution >= 4 is 90.9 Å². The van der Waals surface area contributed by atoms with Gasteiger partial charge in [0.15, 0.2) is 0 Å². The zero-order valence-electron chi connectivity index (χ0n) is 29.8. The first-order chi connectivity index (χ1) is 27.2. The summed E-state index contributed by atoms with van der Waals surface area (Å²) in [5, 5.41) is 7.92. The predicted molar refractivity (Wildman–Crippen MR) is 241 cm³/mol. The molecule has 0 N–H and O–H groups in total. The molecule has 258 valence electrons. The molecule has 1 nitrogen and oxygen atoms in total. The number of anilines is 3. The maximum atomic E-state index is 2.38. The van der Waals surface area contributed by atoms with Crippen molar-refractivity contribution in [3.63, 3.8) is 0 Å². The van der Waals surface area contributed by atoms with Crippen LogP contribution in [0, 0.1) is 0 Å². The van der Waals surface area contributed by atoms with E-state index in [2.05, 4.69) is 205 Å². The van der Waals surface area contributed by atoms with Gasteiger partial charge < -0.3 is 4.90 Å². The first-order valence-electron chi connectivity index (χ1n) is 18.7. The molecule has 9 aromatic carbocycles. The molecule has 0 aliphatic heterocycles. The van der Waals surface area contributed by atoms with Crippen LogP contribution in [0.3, 0.4) is 0 Å². The van der Waals surface area contributed by atoms with Gasteiger partial charge in [-0.1, -0.05) is 133 Å². The molecule has 0 aliphatic carbocycles. The van der Waals surface area contributed by atoms with Crippen molar-refractivity contribution in [1.82, 2.24) is 0 Å². The molecule has 0 saturated heterocycles. The van der Waals surface area contributed by atoms with Crippen LogP contribution < -0.4 is 4.90 Å². The lowest BCUT2D eigenvalue weighted by atomic mass is 9.97. The fraction of sp³-hybridized carbons (Fsp3) is 0. The van der Waals surface area contributed by atoms with Crippen LogP contribution in [-0.2, 0) is 0 Å². The summed E-state index contributed by atoms with van der Waals surface area (Å²) in [4.78, 5) is 2.38. The summed E-state index contributed by atoms with van der Waals surface area (Å²) in [5.41, 5.74) is 10.6. The van der Waals surface area contributed by atoms with Gasteiger partial charge in [-0.2, -0.15) is 0 Å². The summed E-state index contributed by atoms with van der Waals surface area (Å²) in [6, 6.07) is 73.3. The second-order valence-electron chi connectivity index (χ2n) is 14.1. The van der Waals surface area contributed by atoms with Crippen molar-refractivity contribution in [2.24, 2.45) is 0 Å². The number of nitrogens with zero attached hydrogens (tertiary/aromatic N) is 1. The fourth-order valence-corrected chi connectivity index (χ4v) is 10.5. The Morgan fingerprint density at radius 3 is 1.56 bits per heavy atom. The van der Waals surface area contributed by atoms with Crippen molar-refractivity contribution in [3.8, 4) is 33.4 Å². The van der Waals surface area contributed by atoms with E-state index in [0.29, 0.717) is 0 Å². The predicted octanol–water partition coefficient (Wildman–Crippen LogP) is 16.0. The number of rotatable bonds is 6. The Labute approximate surface area is 327 Å². The molecule has 0 atom stereocenters. The summed E-state index contributed by atoms with van der Waals surface area (Å²) in [6.07, 6.45) is 0. The molecular formula is C52H33NS2. The average molecular weight is 736 g/mol. The van der Waals surface area contributed by atoms with Crippen LogP contribution in [0.4, 0.5) is 17.1 Å². The Balaban J connectivity index is 1.01. The van der Waals surface area contributed by atoms with E-state index in [4.69, 9.17) is 0 Å². The quantitative estimate of drug-likeness (QED) is 0.164. The largest absolute Gasteiger partial charge is 0.310 e. The third-order valence-electron chi connectivity index (χ3n) is 10.9. The minimum absolute atomic E-state index is 1.11. The Hall–Kier alpha value is -6.52. The van der Waals surface area contributed by atoms with Crippen LogP contribution in [-0.4, -0.2) is 0 Å². The lowest BCUT2D eigenvalue weighted by Crippen LogP contribution is -2.10. The van der Waals surface area contributed by atoms with E-state index in [1.165, 1.54) is 84.5 Å². The molecule has 2 aromatic heterocycles. The number of fused-ring (bicyclic) bond motifs is 8. The molecule has 0 saturated carbocycles. The van der Waals surface area contributed by atoms with Gasteiger partial charge in [-0.15, -0.1) is 22.7 Å². The topological polar surface area (TPSA) is 3.24 Å². The van der Waals surface area contributed by atoms with E-state index in [-0.39, 0.29) is 0 Å². The van der Waals surface area contributed by atoms with Gasteiger partial charge in [-0.25, -0.2) is 0 Å². The highest BCUT2D eigenvalue weighted by atomic mass is 32.1. The molecule has 0 aliphatic rings. The highest BCUT2D eigenvalue weighted by Crippen LogP contribution is 2.44. The van der Waals surface area contributed by atoms with Gasteiger partial charge in [0.05, 0.1) is 0 Å². The van der Waals surface area contributed by atoms with Crippen molar-refractivity contribution < 1.29 is 0 Å². The Morgan fingerprint density at radius 2 is 0.836 bits per heavy atom. The number of hydrogen-bond donors (Lipinski definition) is 0. The molecule has 3 heteroatoms. The highest BCUT2D eigenvalue weighted by Gasteiger charge is 2.17. The van der Waals surface area contributed by atoms with Gasteiger partial charge in [-0.05, 0) is 111 Å². The summed E-state index contributed by atoms with van der Waals surface area (Å²) < 4.78 is 5.31. The van der Waals surface area contributed by atoms with Crippen LogP contribution >= 0.6 is 22.7 Å².